The van der Waals surface area contributed by atoms with E-state index in [1.807, 2.05) is 26.0 Å². The van der Waals surface area contributed by atoms with Crippen LogP contribution < -0.4 is 10.9 Å². The molecule has 0 bridgehead atoms. The monoisotopic (exact) mass is 266 g/mol. The SMILES string of the molecule is Cc1cc(CNNC(=O)OC(C)(C)C)cc(C)c1O. The molecular weight excluding hydrogens is 244 g/mol. The highest BCUT2D eigenvalue weighted by molar-refractivity contribution is 5.66. The van der Waals surface area contributed by atoms with E-state index in [-0.39, 0.29) is 0 Å². The number of phenolic OH excluding ortho intramolecular Hbond substituents is 1. The Morgan fingerprint density at radius 3 is 2.26 bits per heavy atom. The largest absolute Gasteiger partial charge is 0.507 e. The van der Waals surface area contributed by atoms with Gasteiger partial charge >= 0.3 is 6.09 Å². The standard InChI is InChI=1S/C14H22N2O3/c1-9-6-11(7-10(2)12(9)17)8-15-16-13(18)19-14(3,4)5/h6-7,15,17H,8H2,1-5H3,(H,16,18). The molecule has 0 saturated carbocycles. The maximum absolute atomic E-state index is 11.4. The van der Waals surface area contributed by atoms with Gasteiger partial charge in [-0.05, 0) is 51.3 Å². The molecule has 5 heteroatoms. The molecule has 0 unspecified atom stereocenters. The second-order valence-corrected chi connectivity index (χ2v) is 5.56. The van der Waals surface area contributed by atoms with Crippen molar-refractivity contribution in [1.82, 2.24) is 10.9 Å². The summed E-state index contributed by atoms with van der Waals surface area (Å²) >= 11 is 0. The van der Waals surface area contributed by atoms with E-state index < -0.39 is 11.7 Å². The van der Waals surface area contributed by atoms with Gasteiger partial charge < -0.3 is 9.84 Å². The lowest BCUT2D eigenvalue weighted by Gasteiger charge is -2.19. The van der Waals surface area contributed by atoms with E-state index in [2.05, 4.69) is 10.9 Å². The smallest absolute Gasteiger partial charge is 0.422 e. The minimum Gasteiger partial charge on any atom is -0.507 e. The third-order valence-electron chi connectivity index (χ3n) is 2.43. The Morgan fingerprint density at radius 2 is 1.79 bits per heavy atom. The zero-order chi connectivity index (χ0) is 14.6. The zero-order valence-electron chi connectivity index (χ0n) is 12.1. The number of carbonyl (C=O) groups excluding carboxylic acids is 1. The van der Waals surface area contributed by atoms with Crippen LogP contribution >= 0.6 is 0 Å². The van der Waals surface area contributed by atoms with Gasteiger partial charge in [-0.1, -0.05) is 12.1 Å². The quantitative estimate of drug-likeness (QED) is 0.735. The first-order valence-electron chi connectivity index (χ1n) is 6.20. The van der Waals surface area contributed by atoms with E-state index in [0.29, 0.717) is 12.3 Å². The predicted molar refractivity (Wildman–Crippen MR) is 73.8 cm³/mol. The van der Waals surface area contributed by atoms with Gasteiger partial charge in [0.05, 0.1) is 0 Å². The molecule has 1 aromatic carbocycles. The molecule has 0 aliphatic carbocycles. The van der Waals surface area contributed by atoms with Crippen molar-refractivity contribution in [2.75, 3.05) is 0 Å². The summed E-state index contributed by atoms with van der Waals surface area (Å²) in [5.41, 5.74) is 7.35. The average molecular weight is 266 g/mol. The lowest BCUT2D eigenvalue weighted by Crippen LogP contribution is -2.40. The molecule has 0 heterocycles. The number of ether oxygens (including phenoxy) is 1. The van der Waals surface area contributed by atoms with Crippen LogP contribution in [0.3, 0.4) is 0 Å². The lowest BCUT2D eigenvalue weighted by molar-refractivity contribution is 0.0497. The minimum absolute atomic E-state index is 0.309. The second-order valence-electron chi connectivity index (χ2n) is 5.56. The number of phenols is 1. The molecule has 0 fully saturated rings. The molecule has 0 saturated heterocycles. The Morgan fingerprint density at radius 1 is 1.26 bits per heavy atom. The number of aryl methyl sites for hydroxylation is 2. The number of amides is 1. The molecule has 0 radical (unpaired) electrons. The number of benzene rings is 1. The van der Waals surface area contributed by atoms with Crippen LogP contribution in [0.5, 0.6) is 5.75 Å². The summed E-state index contributed by atoms with van der Waals surface area (Å²) < 4.78 is 5.09. The lowest BCUT2D eigenvalue weighted by atomic mass is 10.1. The number of carbonyl (C=O) groups is 1. The van der Waals surface area contributed by atoms with Crippen LogP contribution in [0.15, 0.2) is 12.1 Å². The Kier molecular flexibility index (Phi) is 4.78. The minimum atomic E-state index is -0.516. The molecule has 0 aromatic heterocycles. The van der Waals surface area contributed by atoms with Gasteiger partial charge in [-0.2, -0.15) is 0 Å². The molecule has 1 rings (SSSR count). The number of hydrogen-bond donors (Lipinski definition) is 3. The first-order chi connectivity index (χ1) is 8.69. The van der Waals surface area contributed by atoms with Gasteiger partial charge in [0.25, 0.3) is 0 Å². The molecule has 0 atom stereocenters. The molecule has 19 heavy (non-hydrogen) atoms. The van der Waals surface area contributed by atoms with Gasteiger partial charge in [-0.3, -0.25) is 5.43 Å². The average Bonchev–Trinajstić information content (AvgIpc) is 2.23. The molecule has 0 aliphatic rings. The van der Waals surface area contributed by atoms with Crippen LogP contribution in [0.4, 0.5) is 4.79 Å². The van der Waals surface area contributed by atoms with E-state index in [1.165, 1.54) is 0 Å². The van der Waals surface area contributed by atoms with Crippen molar-refractivity contribution in [1.29, 1.82) is 0 Å². The van der Waals surface area contributed by atoms with E-state index in [4.69, 9.17) is 4.74 Å². The Balaban J connectivity index is 2.48. The predicted octanol–water partition coefficient (Wildman–Crippen LogP) is 2.54. The van der Waals surface area contributed by atoms with Crippen LogP contribution in [0.2, 0.25) is 0 Å². The van der Waals surface area contributed by atoms with Crippen LogP contribution in [-0.4, -0.2) is 16.8 Å². The Bertz CT molecular complexity index is 441. The number of nitrogens with one attached hydrogen (secondary N) is 2. The van der Waals surface area contributed by atoms with Crippen LogP contribution in [-0.2, 0) is 11.3 Å². The molecule has 1 aromatic rings. The number of rotatable bonds is 3. The topological polar surface area (TPSA) is 70.6 Å². The molecule has 106 valence electrons. The molecule has 5 nitrogen and oxygen atoms in total. The fourth-order valence-corrected chi connectivity index (χ4v) is 1.67. The highest BCUT2D eigenvalue weighted by atomic mass is 16.6. The fraction of sp³-hybridized carbons (Fsp3) is 0.500. The summed E-state index contributed by atoms with van der Waals surface area (Å²) in [6, 6.07) is 3.73. The Labute approximate surface area is 113 Å². The highest BCUT2D eigenvalue weighted by Gasteiger charge is 2.15. The van der Waals surface area contributed by atoms with E-state index in [1.54, 1.807) is 20.8 Å². The van der Waals surface area contributed by atoms with Crippen LogP contribution in [0.25, 0.3) is 0 Å². The summed E-state index contributed by atoms with van der Waals surface area (Å²) in [5, 5.41) is 9.66. The summed E-state index contributed by atoms with van der Waals surface area (Å²) in [5.74, 6) is 0.309. The van der Waals surface area contributed by atoms with Gasteiger partial charge in [0, 0.05) is 6.54 Å². The third kappa shape index (κ3) is 5.18. The van der Waals surface area contributed by atoms with Crippen molar-refractivity contribution < 1.29 is 14.6 Å². The van der Waals surface area contributed by atoms with Gasteiger partial charge in [0.15, 0.2) is 0 Å². The number of hydrazine groups is 1. The van der Waals surface area contributed by atoms with Crippen LogP contribution in [0, 0.1) is 13.8 Å². The van der Waals surface area contributed by atoms with Crippen LogP contribution in [0.1, 0.15) is 37.5 Å². The van der Waals surface area contributed by atoms with Crippen molar-refractivity contribution in [3.63, 3.8) is 0 Å². The van der Waals surface area contributed by atoms with Gasteiger partial charge in [0.1, 0.15) is 11.4 Å². The molecule has 1 amide bonds. The number of aromatic hydroxyl groups is 1. The van der Waals surface area contributed by atoms with Crippen molar-refractivity contribution in [3.8, 4) is 5.75 Å². The van der Waals surface area contributed by atoms with Crippen molar-refractivity contribution in [2.45, 2.75) is 46.8 Å². The summed E-state index contributed by atoms with van der Waals surface area (Å²) in [4.78, 5) is 11.4. The summed E-state index contributed by atoms with van der Waals surface area (Å²) in [6.45, 7) is 9.55. The fourth-order valence-electron chi connectivity index (χ4n) is 1.67. The second kappa shape index (κ2) is 5.93. The zero-order valence-corrected chi connectivity index (χ0v) is 12.1. The number of hydrogen-bond acceptors (Lipinski definition) is 4. The summed E-state index contributed by atoms with van der Waals surface area (Å²) in [6.07, 6.45) is -0.514. The Hall–Kier alpha value is -1.75. The highest BCUT2D eigenvalue weighted by Crippen LogP contribution is 2.22. The van der Waals surface area contributed by atoms with Crippen molar-refractivity contribution in [2.24, 2.45) is 0 Å². The molecule has 3 N–H and O–H groups in total. The van der Waals surface area contributed by atoms with Gasteiger partial charge in [-0.25, -0.2) is 10.2 Å². The first kappa shape index (κ1) is 15.3. The van der Waals surface area contributed by atoms with Gasteiger partial charge in [0.2, 0.25) is 0 Å². The normalized spacial score (nSPS) is 11.2. The van der Waals surface area contributed by atoms with E-state index in [9.17, 15) is 9.90 Å². The maximum Gasteiger partial charge on any atom is 0.422 e. The maximum atomic E-state index is 11.4. The van der Waals surface area contributed by atoms with Crippen molar-refractivity contribution in [3.05, 3.63) is 28.8 Å². The van der Waals surface area contributed by atoms with E-state index in [0.717, 1.165) is 16.7 Å². The van der Waals surface area contributed by atoms with Crippen molar-refractivity contribution >= 4 is 6.09 Å². The first-order valence-corrected chi connectivity index (χ1v) is 6.20. The summed E-state index contributed by atoms with van der Waals surface area (Å²) in [7, 11) is 0. The molecular formula is C14H22N2O3. The van der Waals surface area contributed by atoms with E-state index >= 15 is 0 Å². The molecule has 0 spiro atoms. The van der Waals surface area contributed by atoms with Gasteiger partial charge in [-0.15, -0.1) is 0 Å². The molecule has 0 aliphatic heterocycles. The third-order valence-corrected chi connectivity index (χ3v) is 2.43.